The molecule has 86 valence electrons. The molecular weight excluding hydrogens is 192 g/mol. The molecule has 0 aromatic carbocycles. The van der Waals surface area contributed by atoms with Gasteiger partial charge in [-0.25, -0.2) is 0 Å². The highest BCUT2D eigenvalue weighted by atomic mass is 16.5. The fraction of sp³-hybridized carbons (Fsp3) is 0.636. The summed E-state index contributed by atoms with van der Waals surface area (Å²) in [5.41, 5.74) is 1.91. The first-order valence-electron chi connectivity index (χ1n) is 5.15. The zero-order chi connectivity index (χ0) is 11.5. The van der Waals surface area contributed by atoms with E-state index in [1.165, 1.54) is 0 Å². The van der Waals surface area contributed by atoms with Crippen LogP contribution in [0, 0.1) is 4.91 Å². The van der Waals surface area contributed by atoms with E-state index in [-0.39, 0.29) is 0 Å². The first-order valence-corrected chi connectivity index (χ1v) is 5.15. The minimum Gasteiger partial charge on any atom is -0.388 e. The first kappa shape index (κ1) is 13.8. The van der Waals surface area contributed by atoms with Crippen LogP contribution in [-0.2, 0) is 4.74 Å². The molecule has 15 heavy (non-hydrogen) atoms. The molecule has 0 aromatic rings. The molecule has 0 saturated heterocycles. The number of hydrogen-bond donors (Lipinski definition) is 1. The topological polar surface area (TPSA) is 50.7 Å². The van der Waals surface area contributed by atoms with Crippen LogP contribution in [0.2, 0.25) is 0 Å². The molecule has 0 unspecified atom stereocenters. The summed E-state index contributed by atoms with van der Waals surface area (Å²) in [6.45, 7) is 12.0. The lowest BCUT2D eigenvalue weighted by Crippen LogP contribution is -2.15. The molecule has 0 spiro atoms. The predicted molar refractivity (Wildman–Crippen MR) is 62.7 cm³/mol. The molecule has 0 amide bonds. The highest BCUT2D eigenvalue weighted by Crippen LogP contribution is 2.05. The Balaban J connectivity index is 3.46. The average Bonchev–Trinajstić information content (AvgIpc) is 2.21. The predicted octanol–water partition coefficient (Wildman–Crippen LogP) is 2.23. The minimum absolute atomic E-state index is 0.347. The summed E-state index contributed by atoms with van der Waals surface area (Å²) < 4.78 is 5.21. The first-order chi connectivity index (χ1) is 7.20. The fourth-order valence-electron chi connectivity index (χ4n) is 1.07. The van der Waals surface area contributed by atoms with Gasteiger partial charge in [0.1, 0.15) is 0 Å². The third-order valence-corrected chi connectivity index (χ3v) is 1.77. The third kappa shape index (κ3) is 9.15. The van der Waals surface area contributed by atoms with Gasteiger partial charge in [0.2, 0.25) is 0 Å². The summed E-state index contributed by atoms with van der Waals surface area (Å²) in [4.78, 5) is 9.81. The second-order valence-electron chi connectivity index (χ2n) is 3.30. The van der Waals surface area contributed by atoms with E-state index in [1.807, 2.05) is 6.92 Å². The van der Waals surface area contributed by atoms with Crippen molar-refractivity contribution in [2.45, 2.75) is 19.8 Å². The smallest absolute Gasteiger partial charge is 0.0827 e. The summed E-state index contributed by atoms with van der Waals surface area (Å²) in [6.07, 6.45) is 1.45. The van der Waals surface area contributed by atoms with Gasteiger partial charge < -0.3 is 10.1 Å². The van der Waals surface area contributed by atoms with Crippen molar-refractivity contribution in [3.8, 4) is 0 Å². The Labute approximate surface area is 91.4 Å². The van der Waals surface area contributed by atoms with Crippen LogP contribution in [0.3, 0.4) is 0 Å². The third-order valence-electron chi connectivity index (χ3n) is 1.77. The van der Waals surface area contributed by atoms with Crippen molar-refractivity contribution >= 4 is 0 Å². The average molecular weight is 212 g/mol. The van der Waals surface area contributed by atoms with Crippen LogP contribution >= 0.6 is 0 Å². The lowest BCUT2D eigenvalue weighted by Gasteiger charge is -2.10. The van der Waals surface area contributed by atoms with E-state index < -0.39 is 0 Å². The molecule has 0 saturated carbocycles. The van der Waals surface area contributed by atoms with Gasteiger partial charge in [0.15, 0.2) is 0 Å². The molecule has 4 heteroatoms. The van der Waals surface area contributed by atoms with Crippen molar-refractivity contribution in [1.29, 1.82) is 0 Å². The molecular formula is C11H20N2O2. The highest BCUT2D eigenvalue weighted by Gasteiger charge is 1.98. The van der Waals surface area contributed by atoms with E-state index in [2.05, 4.69) is 23.7 Å². The van der Waals surface area contributed by atoms with E-state index in [4.69, 9.17) is 4.74 Å². The van der Waals surface area contributed by atoms with Crippen LogP contribution < -0.4 is 5.32 Å². The number of hydrogen-bond acceptors (Lipinski definition) is 4. The van der Waals surface area contributed by atoms with Crippen LogP contribution in [-0.4, -0.2) is 26.3 Å². The summed E-state index contributed by atoms with van der Waals surface area (Å²) in [6, 6.07) is 0. The molecule has 0 rings (SSSR count). The Morgan fingerprint density at radius 3 is 2.80 bits per heavy atom. The Bertz CT molecular complexity index is 215. The van der Waals surface area contributed by atoms with Gasteiger partial charge in [0.05, 0.1) is 13.2 Å². The van der Waals surface area contributed by atoms with Crippen LogP contribution in [0.25, 0.3) is 0 Å². The van der Waals surface area contributed by atoms with Gasteiger partial charge in [-0.15, -0.1) is 0 Å². The summed E-state index contributed by atoms with van der Waals surface area (Å²) >= 11 is 0. The van der Waals surface area contributed by atoms with Crippen molar-refractivity contribution in [1.82, 2.24) is 5.32 Å². The zero-order valence-corrected chi connectivity index (χ0v) is 9.42. The summed E-state index contributed by atoms with van der Waals surface area (Å²) in [5.74, 6) is 0. The second kappa shape index (κ2) is 9.40. The summed E-state index contributed by atoms with van der Waals surface area (Å²) in [5, 5.41) is 5.89. The molecule has 0 aliphatic heterocycles. The quantitative estimate of drug-likeness (QED) is 0.343. The van der Waals surface area contributed by atoms with E-state index in [1.54, 1.807) is 0 Å². The van der Waals surface area contributed by atoms with Gasteiger partial charge in [-0.2, -0.15) is 4.91 Å². The van der Waals surface area contributed by atoms with Crippen molar-refractivity contribution in [3.63, 3.8) is 0 Å². The van der Waals surface area contributed by atoms with E-state index >= 15 is 0 Å². The van der Waals surface area contributed by atoms with Crippen LogP contribution in [0.15, 0.2) is 29.6 Å². The molecule has 0 atom stereocenters. The number of ether oxygens (including phenoxy) is 1. The van der Waals surface area contributed by atoms with Gasteiger partial charge >= 0.3 is 0 Å². The zero-order valence-electron chi connectivity index (χ0n) is 9.42. The highest BCUT2D eigenvalue weighted by molar-refractivity contribution is 5.08. The van der Waals surface area contributed by atoms with Gasteiger partial charge in [-0.3, -0.25) is 0 Å². The summed E-state index contributed by atoms with van der Waals surface area (Å²) in [7, 11) is 0. The van der Waals surface area contributed by atoms with Crippen LogP contribution in [0.1, 0.15) is 19.8 Å². The van der Waals surface area contributed by atoms with Gasteiger partial charge in [0, 0.05) is 25.3 Å². The van der Waals surface area contributed by atoms with Crippen molar-refractivity contribution in [2.75, 3.05) is 26.3 Å². The maximum Gasteiger partial charge on any atom is 0.0827 e. The molecule has 0 aliphatic rings. The van der Waals surface area contributed by atoms with Crippen LogP contribution in [0.4, 0.5) is 0 Å². The van der Waals surface area contributed by atoms with Crippen molar-refractivity contribution in [3.05, 3.63) is 29.3 Å². The molecule has 0 aromatic heterocycles. The SMILES string of the molecule is C=C(COCC)CC(=C)NCCCN=O. The van der Waals surface area contributed by atoms with Crippen molar-refractivity contribution in [2.24, 2.45) is 5.18 Å². The number of nitrogens with zero attached hydrogens (tertiary/aromatic N) is 1. The largest absolute Gasteiger partial charge is 0.388 e. The lowest BCUT2D eigenvalue weighted by molar-refractivity contribution is 0.169. The molecule has 0 aliphatic carbocycles. The maximum absolute atomic E-state index is 9.81. The van der Waals surface area contributed by atoms with Gasteiger partial charge in [0.25, 0.3) is 0 Å². The van der Waals surface area contributed by atoms with E-state index in [0.717, 1.165) is 24.2 Å². The minimum atomic E-state index is 0.347. The Hall–Kier alpha value is -1.16. The fourth-order valence-corrected chi connectivity index (χ4v) is 1.07. The molecule has 4 nitrogen and oxygen atoms in total. The molecule has 0 bridgehead atoms. The second-order valence-corrected chi connectivity index (χ2v) is 3.30. The Kier molecular flexibility index (Phi) is 8.67. The lowest BCUT2D eigenvalue weighted by atomic mass is 10.2. The molecule has 0 heterocycles. The Morgan fingerprint density at radius 2 is 2.20 bits per heavy atom. The standard InChI is InChI=1S/C11H20N2O2/c1-4-15-9-10(2)8-11(3)12-6-5-7-13-14/h12H,2-9H2,1H3. The van der Waals surface area contributed by atoms with Crippen molar-refractivity contribution < 1.29 is 4.74 Å². The Morgan fingerprint density at radius 1 is 1.47 bits per heavy atom. The number of rotatable bonds is 10. The van der Waals surface area contributed by atoms with Gasteiger partial charge in [-0.1, -0.05) is 18.3 Å². The maximum atomic E-state index is 9.81. The van der Waals surface area contributed by atoms with E-state index in [0.29, 0.717) is 26.2 Å². The number of nitroso groups, excluding NO2 is 1. The normalized spacial score (nSPS) is 9.67. The molecule has 1 N–H and O–H groups in total. The molecule has 0 fully saturated rings. The van der Waals surface area contributed by atoms with Gasteiger partial charge in [-0.05, 0) is 18.9 Å². The van der Waals surface area contributed by atoms with Crippen LogP contribution in [0.5, 0.6) is 0 Å². The van der Waals surface area contributed by atoms with E-state index in [9.17, 15) is 4.91 Å². The molecule has 0 radical (unpaired) electrons. The number of allylic oxidation sites excluding steroid dienone is 1. The number of nitrogens with one attached hydrogen (secondary N) is 1. The monoisotopic (exact) mass is 212 g/mol.